The summed E-state index contributed by atoms with van der Waals surface area (Å²) in [6.45, 7) is 2.96. The third-order valence-corrected chi connectivity index (χ3v) is 3.06. The van der Waals surface area contributed by atoms with E-state index >= 15 is 0 Å². The van der Waals surface area contributed by atoms with Gasteiger partial charge in [-0.1, -0.05) is 12.5 Å². The van der Waals surface area contributed by atoms with Crippen LogP contribution in [0.1, 0.15) is 20.3 Å². The predicted octanol–water partition coefficient (Wildman–Crippen LogP) is 0.732. The van der Waals surface area contributed by atoms with Gasteiger partial charge in [0.1, 0.15) is 0 Å². The molecule has 1 aliphatic carbocycles. The Morgan fingerprint density at radius 1 is 1.53 bits per heavy atom. The average Bonchev–Trinajstić information content (AvgIpc) is 2.15. The fourth-order valence-corrected chi connectivity index (χ4v) is 2.04. The van der Waals surface area contributed by atoms with Crippen molar-refractivity contribution in [1.82, 2.24) is 0 Å². The zero-order valence-corrected chi connectivity index (χ0v) is 9.34. The molecule has 2 unspecified atom stereocenters. The Hall–Kier alpha value is -1.92. The molecule has 2 atom stereocenters. The number of carboxylic acid groups (broad SMARTS) is 2. The number of carbonyl (C=O) groups is 2. The van der Waals surface area contributed by atoms with E-state index in [1.165, 1.54) is 13.8 Å². The standard InChI is InChI=1S/C10H12NO6/c1-5-3-6(2)10(9(14)15,11(16)17)4-7(5)8(12)13/h4,6H,3H2,1-2H3,(H,12,13)(H,14,15). The van der Waals surface area contributed by atoms with Crippen LogP contribution in [-0.2, 0) is 9.59 Å². The van der Waals surface area contributed by atoms with E-state index in [1.54, 1.807) is 0 Å². The predicted molar refractivity (Wildman–Crippen MR) is 55.8 cm³/mol. The van der Waals surface area contributed by atoms with Gasteiger partial charge in [0.05, 0.1) is 6.42 Å². The second-order valence-corrected chi connectivity index (χ2v) is 4.14. The number of carboxylic acids is 2. The SMILES string of the molecule is CC1=C(C(=O)O)[CH]C(C(=O)O)([N+](=O)[O-])C(C)C1. The number of nitrogens with zero attached hydrogens (tertiary/aromatic N) is 1. The van der Waals surface area contributed by atoms with E-state index in [4.69, 9.17) is 10.2 Å². The van der Waals surface area contributed by atoms with E-state index in [9.17, 15) is 19.7 Å². The second-order valence-electron chi connectivity index (χ2n) is 4.14. The van der Waals surface area contributed by atoms with Crippen molar-refractivity contribution in [2.75, 3.05) is 0 Å². The lowest BCUT2D eigenvalue weighted by Crippen LogP contribution is -2.54. The number of rotatable bonds is 3. The third kappa shape index (κ3) is 1.88. The van der Waals surface area contributed by atoms with Crippen molar-refractivity contribution >= 4 is 11.9 Å². The highest BCUT2D eigenvalue weighted by molar-refractivity contribution is 5.94. The van der Waals surface area contributed by atoms with Gasteiger partial charge in [0, 0.05) is 16.4 Å². The minimum atomic E-state index is -2.35. The molecule has 93 valence electrons. The van der Waals surface area contributed by atoms with Crippen LogP contribution >= 0.6 is 0 Å². The van der Waals surface area contributed by atoms with Crippen molar-refractivity contribution in [3.63, 3.8) is 0 Å². The summed E-state index contributed by atoms with van der Waals surface area (Å²) in [5.41, 5.74) is -2.20. The molecule has 7 heteroatoms. The van der Waals surface area contributed by atoms with Crippen LogP contribution in [0.3, 0.4) is 0 Å². The monoisotopic (exact) mass is 242 g/mol. The van der Waals surface area contributed by atoms with Crippen LogP contribution < -0.4 is 0 Å². The fourth-order valence-electron chi connectivity index (χ4n) is 2.04. The molecule has 0 aromatic rings. The van der Waals surface area contributed by atoms with Gasteiger partial charge in [0.2, 0.25) is 0 Å². The van der Waals surface area contributed by atoms with Crippen molar-refractivity contribution in [3.8, 4) is 0 Å². The largest absolute Gasteiger partial charge is 0.478 e. The quantitative estimate of drug-likeness (QED) is 0.556. The molecule has 2 N–H and O–H groups in total. The zero-order valence-electron chi connectivity index (χ0n) is 9.34. The summed E-state index contributed by atoms with van der Waals surface area (Å²) in [6, 6.07) is 0. The molecule has 0 amide bonds. The molecule has 0 fully saturated rings. The van der Waals surface area contributed by atoms with Gasteiger partial charge in [-0.2, -0.15) is 0 Å². The summed E-state index contributed by atoms with van der Waals surface area (Å²) < 4.78 is 0. The first-order valence-corrected chi connectivity index (χ1v) is 4.90. The molecule has 0 aromatic carbocycles. The number of aliphatic carboxylic acids is 2. The smallest absolute Gasteiger partial charge is 0.383 e. The normalized spacial score (nSPS) is 28.9. The Bertz CT molecular complexity index is 411. The summed E-state index contributed by atoms with van der Waals surface area (Å²) in [4.78, 5) is 32.1. The molecule has 0 aromatic heterocycles. The van der Waals surface area contributed by atoms with Crippen LogP contribution in [0.25, 0.3) is 0 Å². The van der Waals surface area contributed by atoms with Crippen LogP contribution in [0.15, 0.2) is 11.1 Å². The Morgan fingerprint density at radius 3 is 2.41 bits per heavy atom. The Kier molecular flexibility index (Phi) is 3.21. The first-order valence-electron chi connectivity index (χ1n) is 4.90. The molecular formula is C10H12NO6. The maximum atomic E-state index is 11.1. The Morgan fingerprint density at radius 2 is 2.06 bits per heavy atom. The molecule has 0 aliphatic heterocycles. The third-order valence-electron chi connectivity index (χ3n) is 3.06. The van der Waals surface area contributed by atoms with Crippen LogP contribution in [0.4, 0.5) is 0 Å². The topological polar surface area (TPSA) is 118 Å². The summed E-state index contributed by atoms with van der Waals surface area (Å²) in [6.07, 6.45) is 0.812. The molecule has 17 heavy (non-hydrogen) atoms. The maximum Gasteiger partial charge on any atom is 0.383 e. The Labute approximate surface area is 96.9 Å². The van der Waals surface area contributed by atoms with Gasteiger partial charge in [-0.15, -0.1) is 0 Å². The second kappa shape index (κ2) is 4.15. The van der Waals surface area contributed by atoms with E-state index in [-0.39, 0.29) is 12.0 Å². The van der Waals surface area contributed by atoms with Gasteiger partial charge >= 0.3 is 17.5 Å². The van der Waals surface area contributed by atoms with Gasteiger partial charge in [0.15, 0.2) is 0 Å². The molecule has 7 nitrogen and oxygen atoms in total. The van der Waals surface area contributed by atoms with Crippen LogP contribution in [0.2, 0.25) is 0 Å². The van der Waals surface area contributed by atoms with Gasteiger partial charge in [-0.3, -0.25) is 10.1 Å². The van der Waals surface area contributed by atoms with E-state index in [0.717, 1.165) is 6.42 Å². The van der Waals surface area contributed by atoms with Gasteiger partial charge in [0.25, 0.3) is 0 Å². The van der Waals surface area contributed by atoms with Crippen LogP contribution in [0.5, 0.6) is 0 Å². The van der Waals surface area contributed by atoms with E-state index in [0.29, 0.717) is 5.57 Å². The molecule has 0 bridgehead atoms. The molecule has 1 rings (SSSR count). The molecular weight excluding hydrogens is 230 g/mol. The molecule has 0 saturated carbocycles. The number of hydrogen-bond donors (Lipinski definition) is 2. The highest BCUT2D eigenvalue weighted by Gasteiger charge is 2.59. The number of nitro groups is 1. The van der Waals surface area contributed by atoms with Crippen molar-refractivity contribution in [1.29, 1.82) is 0 Å². The molecule has 0 spiro atoms. The highest BCUT2D eigenvalue weighted by atomic mass is 16.6. The lowest BCUT2D eigenvalue weighted by atomic mass is 9.71. The van der Waals surface area contributed by atoms with Crippen LogP contribution in [0, 0.1) is 22.5 Å². The highest BCUT2D eigenvalue weighted by Crippen LogP contribution is 2.38. The first-order chi connectivity index (χ1) is 7.73. The molecule has 1 aliphatic rings. The zero-order chi connectivity index (χ0) is 13.4. The minimum absolute atomic E-state index is 0.0748. The van der Waals surface area contributed by atoms with E-state index < -0.39 is 28.3 Å². The maximum absolute atomic E-state index is 11.1. The van der Waals surface area contributed by atoms with Crippen molar-refractivity contribution in [3.05, 3.63) is 27.7 Å². The van der Waals surface area contributed by atoms with Crippen LogP contribution in [-0.4, -0.2) is 32.6 Å². The van der Waals surface area contributed by atoms with E-state index in [1.807, 2.05) is 0 Å². The molecule has 0 saturated heterocycles. The van der Waals surface area contributed by atoms with Crippen molar-refractivity contribution in [2.45, 2.75) is 25.8 Å². The average molecular weight is 242 g/mol. The first kappa shape index (κ1) is 13.1. The summed E-state index contributed by atoms with van der Waals surface area (Å²) in [5, 5.41) is 28.9. The van der Waals surface area contributed by atoms with Crippen molar-refractivity contribution < 1.29 is 24.7 Å². The lowest BCUT2D eigenvalue weighted by Gasteiger charge is -2.31. The van der Waals surface area contributed by atoms with E-state index in [2.05, 4.69) is 0 Å². The van der Waals surface area contributed by atoms with Gasteiger partial charge in [-0.05, 0) is 13.3 Å². The summed E-state index contributed by atoms with van der Waals surface area (Å²) in [5.74, 6) is -3.78. The molecule has 0 heterocycles. The van der Waals surface area contributed by atoms with Crippen molar-refractivity contribution in [2.24, 2.45) is 5.92 Å². The van der Waals surface area contributed by atoms with Gasteiger partial charge < -0.3 is 10.2 Å². The summed E-state index contributed by atoms with van der Waals surface area (Å²) in [7, 11) is 0. The van der Waals surface area contributed by atoms with Gasteiger partial charge in [-0.25, -0.2) is 9.59 Å². The lowest BCUT2D eigenvalue weighted by molar-refractivity contribution is -0.554. The Balaban J connectivity index is 3.33. The fraction of sp³-hybridized carbons (Fsp3) is 0.500. The number of allylic oxidation sites excluding steroid dienone is 1. The summed E-state index contributed by atoms with van der Waals surface area (Å²) >= 11 is 0. The molecule has 1 radical (unpaired) electrons. The number of hydrogen-bond acceptors (Lipinski definition) is 4. The minimum Gasteiger partial charge on any atom is -0.478 e.